The maximum atomic E-state index is 12.2. The lowest BCUT2D eigenvalue weighted by Gasteiger charge is -2.23. The van der Waals surface area contributed by atoms with E-state index in [1.54, 1.807) is 0 Å². The molecule has 0 aromatic carbocycles. The molecule has 4 heteroatoms. The summed E-state index contributed by atoms with van der Waals surface area (Å²) in [7, 11) is 0. The monoisotopic (exact) mass is 293 g/mol. The molecule has 0 aromatic heterocycles. The highest BCUT2D eigenvalue weighted by atomic mass is 16.2. The molecule has 21 heavy (non-hydrogen) atoms. The molecule has 0 aromatic rings. The van der Waals surface area contributed by atoms with Gasteiger partial charge in [-0.15, -0.1) is 0 Å². The number of carbonyl (C=O) groups excluding carboxylic acids is 1. The zero-order chi connectivity index (χ0) is 14.5. The lowest BCUT2D eigenvalue weighted by molar-refractivity contribution is -0.123. The molecule has 120 valence electrons. The quantitative estimate of drug-likeness (QED) is 0.759. The molecule has 1 saturated carbocycles. The van der Waals surface area contributed by atoms with E-state index in [9.17, 15) is 4.79 Å². The van der Waals surface area contributed by atoms with Crippen LogP contribution in [0, 0.1) is 11.3 Å². The van der Waals surface area contributed by atoms with Gasteiger partial charge in [-0.2, -0.15) is 0 Å². The Hall–Kier alpha value is -0.610. The van der Waals surface area contributed by atoms with Crippen LogP contribution in [0.4, 0.5) is 0 Å². The van der Waals surface area contributed by atoms with Crippen molar-refractivity contribution in [3.05, 3.63) is 0 Å². The van der Waals surface area contributed by atoms with Crippen LogP contribution in [0.5, 0.6) is 0 Å². The first-order valence-electron chi connectivity index (χ1n) is 9.01. The Balaban J connectivity index is 1.30. The molecule has 1 aliphatic carbocycles. The lowest BCUT2D eigenvalue weighted by Crippen LogP contribution is -2.35. The number of rotatable bonds is 5. The second kappa shape index (κ2) is 7.10. The van der Waals surface area contributed by atoms with E-state index in [4.69, 9.17) is 0 Å². The van der Waals surface area contributed by atoms with Crippen molar-refractivity contribution < 1.29 is 4.79 Å². The number of nitrogens with one attached hydrogen (secondary N) is 2. The molecule has 3 fully saturated rings. The van der Waals surface area contributed by atoms with Crippen LogP contribution in [0.3, 0.4) is 0 Å². The highest BCUT2D eigenvalue weighted by Crippen LogP contribution is 2.58. The Morgan fingerprint density at radius 2 is 1.86 bits per heavy atom. The van der Waals surface area contributed by atoms with Crippen molar-refractivity contribution in [3.63, 3.8) is 0 Å². The van der Waals surface area contributed by atoms with E-state index in [0.29, 0.717) is 17.2 Å². The van der Waals surface area contributed by atoms with Crippen LogP contribution in [0.15, 0.2) is 0 Å². The number of hydrogen-bond acceptors (Lipinski definition) is 3. The van der Waals surface area contributed by atoms with Crippen LogP contribution in [0.2, 0.25) is 0 Å². The van der Waals surface area contributed by atoms with Crippen molar-refractivity contribution in [1.82, 2.24) is 15.5 Å². The molecule has 2 heterocycles. The van der Waals surface area contributed by atoms with Gasteiger partial charge in [-0.05, 0) is 76.7 Å². The third-order valence-electron chi connectivity index (χ3n) is 5.75. The van der Waals surface area contributed by atoms with Gasteiger partial charge in [0.2, 0.25) is 5.91 Å². The first kappa shape index (κ1) is 15.3. The average Bonchev–Trinajstić information content (AvgIpc) is 3.25. The minimum Gasteiger partial charge on any atom is -0.356 e. The van der Waals surface area contributed by atoms with E-state index in [0.717, 1.165) is 39.0 Å². The molecule has 1 atom stereocenters. The molecule has 0 bridgehead atoms. The Morgan fingerprint density at radius 1 is 1.14 bits per heavy atom. The Bertz CT molecular complexity index is 344. The number of nitrogens with zero attached hydrogens (tertiary/aromatic N) is 1. The number of carbonyl (C=O) groups is 1. The van der Waals surface area contributed by atoms with E-state index in [1.165, 1.54) is 51.6 Å². The fourth-order valence-electron chi connectivity index (χ4n) is 4.19. The van der Waals surface area contributed by atoms with E-state index < -0.39 is 0 Å². The minimum absolute atomic E-state index is 0.317. The van der Waals surface area contributed by atoms with Gasteiger partial charge in [0.1, 0.15) is 0 Å². The summed E-state index contributed by atoms with van der Waals surface area (Å²) < 4.78 is 0. The molecule has 4 nitrogen and oxygen atoms in total. The first-order valence-corrected chi connectivity index (χ1v) is 9.01. The Labute approximate surface area is 129 Å². The van der Waals surface area contributed by atoms with E-state index in [-0.39, 0.29) is 0 Å². The summed E-state index contributed by atoms with van der Waals surface area (Å²) in [5.74, 6) is 0.644. The third kappa shape index (κ3) is 3.98. The summed E-state index contributed by atoms with van der Waals surface area (Å²) in [4.78, 5) is 14.8. The standard InChI is InChI=1S/C17H31N3O/c21-16(15-14-17(15)6-9-18-10-7-17)19-8-5-13-20-11-3-1-2-4-12-20/h15,18H,1-14H2,(H,19,21). The smallest absolute Gasteiger partial charge is 0.223 e. The molecule has 3 rings (SSSR count). The van der Waals surface area contributed by atoms with Gasteiger partial charge in [0, 0.05) is 12.5 Å². The van der Waals surface area contributed by atoms with Gasteiger partial charge in [-0.1, -0.05) is 12.8 Å². The van der Waals surface area contributed by atoms with Gasteiger partial charge in [0.05, 0.1) is 0 Å². The SMILES string of the molecule is O=C(NCCCN1CCCCCC1)C1CC12CCNCC2. The number of piperidine rings is 1. The zero-order valence-corrected chi connectivity index (χ0v) is 13.3. The van der Waals surface area contributed by atoms with E-state index in [1.807, 2.05) is 0 Å². The summed E-state index contributed by atoms with van der Waals surface area (Å²) in [6.45, 7) is 6.72. The summed E-state index contributed by atoms with van der Waals surface area (Å²) in [6.07, 6.45) is 10.1. The van der Waals surface area contributed by atoms with Gasteiger partial charge in [0.15, 0.2) is 0 Å². The summed E-state index contributed by atoms with van der Waals surface area (Å²) in [5, 5.41) is 6.58. The van der Waals surface area contributed by atoms with Crippen molar-refractivity contribution in [3.8, 4) is 0 Å². The van der Waals surface area contributed by atoms with Crippen molar-refractivity contribution in [1.29, 1.82) is 0 Å². The largest absolute Gasteiger partial charge is 0.356 e. The van der Waals surface area contributed by atoms with E-state index in [2.05, 4.69) is 15.5 Å². The minimum atomic E-state index is 0.317. The van der Waals surface area contributed by atoms with E-state index >= 15 is 0 Å². The van der Waals surface area contributed by atoms with Crippen LogP contribution in [-0.2, 0) is 4.79 Å². The maximum absolute atomic E-state index is 12.2. The number of amides is 1. The molecular formula is C17H31N3O. The molecule has 3 aliphatic rings. The zero-order valence-electron chi connectivity index (χ0n) is 13.3. The summed E-state index contributed by atoms with van der Waals surface area (Å²) in [5.41, 5.74) is 0.375. The predicted molar refractivity (Wildman–Crippen MR) is 85.2 cm³/mol. The topological polar surface area (TPSA) is 44.4 Å². The van der Waals surface area contributed by atoms with Crippen LogP contribution in [0.1, 0.15) is 51.4 Å². The highest BCUT2D eigenvalue weighted by molar-refractivity contribution is 5.82. The fourth-order valence-corrected chi connectivity index (χ4v) is 4.19. The van der Waals surface area contributed by atoms with Gasteiger partial charge in [-0.3, -0.25) is 4.79 Å². The van der Waals surface area contributed by atoms with Gasteiger partial charge >= 0.3 is 0 Å². The van der Waals surface area contributed by atoms with Crippen LogP contribution in [-0.4, -0.2) is 50.1 Å². The van der Waals surface area contributed by atoms with Crippen LogP contribution < -0.4 is 10.6 Å². The molecular weight excluding hydrogens is 262 g/mol. The molecule has 2 N–H and O–H groups in total. The van der Waals surface area contributed by atoms with Gasteiger partial charge in [-0.25, -0.2) is 0 Å². The fraction of sp³-hybridized carbons (Fsp3) is 0.941. The van der Waals surface area contributed by atoms with Crippen LogP contribution in [0.25, 0.3) is 0 Å². The molecule has 1 amide bonds. The summed E-state index contributed by atoms with van der Waals surface area (Å²) >= 11 is 0. The third-order valence-corrected chi connectivity index (χ3v) is 5.75. The van der Waals surface area contributed by atoms with Gasteiger partial charge in [0.25, 0.3) is 0 Å². The molecule has 1 spiro atoms. The molecule has 0 radical (unpaired) electrons. The first-order chi connectivity index (χ1) is 10.3. The van der Waals surface area contributed by atoms with Crippen molar-refractivity contribution in [2.75, 3.05) is 39.3 Å². The van der Waals surface area contributed by atoms with Crippen molar-refractivity contribution >= 4 is 5.91 Å². The highest BCUT2D eigenvalue weighted by Gasteiger charge is 2.57. The molecule has 1 unspecified atom stereocenters. The van der Waals surface area contributed by atoms with Gasteiger partial charge < -0.3 is 15.5 Å². The number of hydrogen-bond donors (Lipinski definition) is 2. The summed E-state index contributed by atoms with van der Waals surface area (Å²) in [6, 6.07) is 0. The number of likely N-dealkylation sites (tertiary alicyclic amines) is 1. The van der Waals surface area contributed by atoms with Crippen molar-refractivity contribution in [2.45, 2.75) is 51.4 Å². The van der Waals surface area contributed by atoms with Crippen molar-refractivity contribution in [2.24, 2.45) is 11.3 Å². The Morgan fingerprint density at radius 3 is 2.57 bits per heavy atom. The van der Waals surface area contributed by atoms with Crippen LogP contribution >= 0.6 is 0 Å². The predicted octanol–water partition coefficient (Wildman–Crippen LogP) is 1.76. The molecule has 2 saturated heterocycles. The average molecular weight is 293 g/mol. The normalized spacial score (nSPS) is 29.0. The Kier molecular flexibility index (Phi) is 5.17. The second-order valence-corrected chi connectivity index (χ2v) is 7.27. The maximum Gasteiger partial charge on any atom is 0.223 e. The second-order valence-electron chi connectivity index (χ2n) is 7.27. The molecule has 2 aliphatic heterocycles. The lowest BCUT2D eigenvalue weighted by atomic mass is 9.92.